The number of nitrogens with one attached hydrogen (secondary N) is 2. The van der Waals surface area contributed by atoms with Crippen molar-refractivity contribution in [3.8, 4) is 0 Å². The number of hydrogen-bond acceptors (Lipinski definition) is 3. The number of aliphatic imine (C=N–C) groups is 1. The number of guanidine groups is 1. The van der Waals surface area contributed by atoms with Crippen LogP contribution in [0.15, 0.2) is 51.9 Å². The first kappa shape index (κ1) is 17.1. The van der Waals surface area contributed by atoms with E-state index in [1.54, 1.807) is 13.0 Å². The van der Waals surface area contributed by atoms with E-state index in [1.807, 2.05) is 50.2 Å². The normalized spacial score (nSPS) is 14.3. The number of rotatable bonds is 6. The summed E-state index contributed by atoms with van der Waals surface area (Å²) in [5.41, 5.74) is 0.0371. The molecule has 124 valence electrons. The van der Waals surface area contributed by atoms with Gasteiger partial charge in [0.05, 0.1) is 13.1 Å². The zero-order valence-electron chi connectivity index (χ0n) is 14.0. The lowest BCUT2D eigenvalue weighted by molar-refractivity contribution is 0.0378. The van der Waals surface area contributed by atoms with Crippen molar-refractivity contribution in [3.63, 3.8) is 0 Å². The van der Waals surface area contributed by atoms with Crippen molar-refractivity contribution in [2.24, 2.45) is 4.99 Å². The number of benzene rings is 1. The zero-order valence-corrected chi connectivity index (χ0v) is 14.0. The van der Waals surface area contributed by atoms with Crippen LogP contribution < -0.4 is 10.6 Å². The van der Waals surface area contributed by atoms with E-state index in [1.165, 1.54) is 0 Å². The summed E-state index contributed by atoms with van der Waals surface area (Å²) in [6.45, 7) is 7.23. The van der Waals surface area contributed by atoms with Crippen molar-refractivity contribution in [3.05, 3.63) is 59.5 Å². The Bertz CT molecular complexity index is 633. The zero-order chi connectivity index (χ0) is 16.7. The molecule has 2 aromatic rings. The van der Waals surface area contributed by atoms with E-state index in [2.05, 4.69) is 15.6 Å². The Morgan fingerprint density at radius 1 is 1.17 bits per heavy atom. The van der Waals surface area contributed by atoms with Gasteiger partial charge in [-0.2, -0.15) is 0 Å². The van der Waals surface area contributed by atoms with E-state index in [0.717, 1.165) is 17.9 Å². The second kappa shape index (κ2) is 7.83. The topological polar surface area (TPSA) is 69.8 Å². The van der Waals surface area contributed by atoms with Crippen LogP contribution in [0.5, 0.6) is 0 Å². The van der Waals surface area contributed by atoms with Gasteiger partial charge in [-0.3, -0.25) is 0 Å². The van der Waals surface area contributed by atoms with Crippen LogP contribution in [0.1, 0.15) is 30.9 Å². The van der Waals surface area contributed by atoms with Crippen LogP contribution in [0.4, 0.5) is 0 Å². The molecule has 0 amide bonds. The summed E-state index contributed by atoms with van der Waals surface area (Å²) in [4.78, 5) is 4.54. The quantitative estimate of drug-likeness (QED) is 0.566. The van der Waals surface area contributed by atoms with Gasteiger partial charge in [0.2, 0.25) is 0 Å². The van der Waals surface area contributed by atoms with Crippen LogP contribution in [0, 0.1) is 6.92 Å². The summed E-state index contributed by atoms with van der Waals surface area (Å²) in [7, 11) is 0. The fourth-order valence-corrected chi connectivity index (χ4v) is 2.16. The molecular weight excluding hydrogens is 290 g/mol. The lowest BCUT2D eigenvalue weighted by Gasteiger charge is -2.22. The molecule has 0 aliphatic carbocycles. The van der Waals surface area contributed by atoms with Crippen molar-refractivity contribution in [2.45, 2.75) is 32.9 Å². The van der Waals surface area contributed by atoms with E-state index in [0.29, 0.717) is 24.8 Å². The lowest BCUT2D eigenvalue weighted by Crippen LogP contribution is -2.44. The molecule has 1 heterocycles. The molecule has 0 bridgehead atoms. The Kier molecular flexibility index (Phi) is 5.82. The third kappa shape index (κ3) is 5.14. The molecule has 0 aliphatic rings. The number of aliphatic hydroxyl groups is 1. The van der Waals surface area contributed by atoms with E-state index >= 15 is 0 Å². The highest BCUT2D eigenvalue weighted by Crippen LogP contribution is 2.21. The van der Waals surface area contributed by atoms with Crippen molar-refractivity contribution in [1.29, 1.82) is 0 Å². The van der Waals surface area contributed by atoms with Crippen molar-refractivity contribution in [2.75, 3.05) is 13.1 Å². The largest absolute Gasteiger partial charge is 0.463 e. The minimum atomic E-state index is -1.10. The minimum Gasteiger partial charge on any atom is -0.463 e. The molecule has 3 N–H and O–H groups in total. The second-order valence-corrected chi connectivity index (χ2v) is 5.72. The van der Waals surface area contributed by atoms with Gasteiger partial charge >= 0.3 is 0 Å². The van der Waals surface area contributed by atoms with Crippen LogP contribution in [0.25, 0.3) is 0 Å². The molecule has 1 aromatic heterocycles. The number of aryl methyl sites for hydroxylation is 1. The van der Waals surface area contributed by atoms with Gasteiger partial charge in [0, 0.05) is 6.54 Å². The molecule has 0 saturated carbocycles. The second-order valence-electron chi connectivity index (χ2n) is 5.72. The monoisotopic (exact) mass is 315 g/mol. The third-order valence-electron chi connectivity index (χ3n) is 3.48. The summed E-state index contributed by atoms with van der Waals surface area (Å²) < 4.78 is 5.52. The molecule has 0 radical (unpaired) electrons. The molecule has 0 aliphatic heterocycles. The van der Waals surface area contributed by atoms with Crippen molar-refractivity contribution >= 4 is 5.96 Å². The highest BCUT2D eigenvalue weighted by atomic mass is 16.4. The molecule has 0 fully saturated rings. The standard InChI is InChI=1S/C18H25N3O2/c1-4-19-17(20-12-15-8-6-5-7-9-15)21-13-18(3,22)16-11-10-14(2)23-16/h5-11,22H,4,12-13H2,1-3H3,(H2,19,20,21). The summed E-state index contributed by atoms with van der Waals surface area (Å²) in [5.74, 6) is 1.99. The Hall–Kier alpha value is -2.27. The molecule has 1 atom stereocenters. The predicted octanol–water partition coefficient (Wildman–Crippen LogP) is 2.55. The Morgan fingerprint density at radius 3 is 2.52 bits per heavy atom. The Balaban J connectivity index is 1.98. The highest BCUT2D eigenvalue weighted by molar-refractivity contribution is 5.79. The minimum absolute atomic E-state index is 0.306. The lowest BCUT2D eigenvalue weighted by atomic mass is 10.0. The van der Waals surface area contributed by atoms with Gasteiger partial charge in [0.15, 0.2) is 5.96 Å². The fourth-order valence-electron chi connectivity index (χ4n) is 2.16. The maximum absolute atomic E-state index is 10.6. The maximum atomic E-state index is 10.6. The van der Waals surface area contributed by atoms with Crippen molar-refractivity contribution < 1.29 is 9.52 Å². The van der Waals surface area contributed by atoms with Crippen LogP contribution in [0.3, 0.4) is 0 Å². The molecule has 1 aromatic carbocycles. The number of nitrogens with zero attached hydrogens (tertiary/aromatic N) is 1. The average Bonchev–Trinajstić information content (AvgIpc) is 2.98. The first-order valence-electron chi connectivity index (χ1n) is 7.86. The van der Waals surface area contributed by atoms with Crippen LogP contribution in [-0.4, -0.2) is 24.2 Å². The summed E-state index contributed by atoms with van der Waals surface area (Å²) in [5, 5.41) is 16.9. The van der Waals surface area contributed by atoms with Gasteiger partial charge in [0.25, 0.3) is 0 Å². The van der Waals surface area contributed by atoms with Gasteiger partial charge in [-0.1, -0.05) is 30.3 Å². The summed E-state index contributed by atoms with van der Waals surface area (Å²) in [6.07, 6.45) is 0. The predicted molar refractivity (Wildman–Crippen MR) is 92.3 cm³/mol. The average molecular weight is 315 g/mol. The molecule has 2 rings (SSSR count). The van der Waals surface area contributed by atoms with E-state index in [4.69, 9.17) is 4.42 Å². The van der Waals surface area contributed by atoms with Gasteiger partial charge in [-0.05, 0) is 38.5 Å². The van der Waals surface area contributed by atoms with Crippen LogP contribution in [0.2, 0.25) is 0 Å². The molecular formula is C18H25N3O2. The maximum Gasteiger partial charge on any atom is 0.191 e. The van der Waals surface area contributed by atoms with Gasteiger partial charge in [-0.15, -0.1) is 0 Å². The van der Waals surface area contributed by atoms with Crippen LogP contribution in [-0.2, 0) is 12.1 Å². The molecule has 5 heteroatoms. The Labute approximate surface area is 137 Å². The molecule has 0 saturated heterocycles. The smallest absolute Gasteiger partial charge is 0.191 e. The highest BCUT2D eigenvalue weighted by Gasteiger charge is 2.27. The third-order valence-corrected chi connectivity index (χ3v) is 3.48. The molecule has 5 nitrogen and oxygen atoms in total. The van der Waals surface area contributed by atoms with Gasteiger partial charge in [-0.25, -0.2) is 4.99 Å². The van der Waals surface area contributed by atoms with Crippen molar-refractivity contribution in [1.82, 2.24) is 10.6 Å². The number of furan rings is 1. The first-order valence-corrected chi connectivity index (χ1v) is 7.86. The molecule has 23 heavy (non-hydrogen) atoms. The van der Waals surface area contributed by atoms with Crippen LogP contribution >= 0.6 is 0 Å². The first-order chi connectivity index (χ1) is 11.0. The SMILES string of the molecule is CCNC(=NCc1ccccc1)NCC(C)(O)c1ccc(C)o1. The summed E-state index contributed by atoms with van der Waals surface area (Å²) in [6, 6.07) is 13.7. The van der Waals surface area contributed by atoms with Gasteiger partial charge < -0.3 is 20.2 Å². The Morgan fingerprint density at radius 2 is 1.91 bits per heavy atom. The fraction of sp³-hybridized carbons (Fsp3) is 0.389. The van der Waals surface area contributed by atoms with E-state index in [9.17, 15) is 5.11 Å². The van der Waals surface area contributed by atoms with E-state index < -0.39 is 5.60 Å². The molecule has 1 unspecified atom stereocenters. The van der Waals surface area contributed by atoms with Gasteiger partial charge in [0.1, 0.15) is 17.1 Å². The van der Waals surface area contributed by atoms with E-state index in [-0.39, 0.29) is 0 Å². The molecule has 0 spiro atoms. The summed E-state index contributed by atoms with van der Waals surface area (Å²) >= 11 is 0. The number of hydrogen-bond donors (Lipinski definition) is 3.